The predicted molar refractivity (Wildman–Crippen MR) is 174 cm³/mol. The number of alkyl halides is 1. The van der Waals surface area contributed by atoms with Crippen LogP contribution >= 0.6 is 31.8 Å². The van der Waals surface area contributed by atoms with Crippen LogP contribution in [0.15, 0.2) is 0 Å². The second kappa shape index (κ2) is 14.1. The van der Waals surface area contributed by atoms with Crippen molar-refractivity contribution in [3.05, 3.63) is 0 Å². The normalized spacial score (nSPS) is 54.8. The van der Waals surface area contributed by atoms with Gasteiger partial charge in [0.1, 0.15) is 0 Å². The number of hydrogen-bond donors (Lipinski definition) is 8. The third kappa shape index (κ3) is 6.07. The summed E-state index contributed by atoms with van der Waals surface area (Å²) in [5.74, 6) is 5.34. The fourth-order valence-electron chi connectivity index (χ4n) is 12.0. The van der Waals surface area contributed by atoms with Gasteiger partial charge >= 0.3 is 33.3 Å². The van der Waals surface area contributed by atoms with Crippen molar-refractivity contribution in [1.82, 2.24) is 42.5 Å². The maximum atomic E-state index is 7.19. The predicted octanol–water partition coefficient (Wildman–Crippen LogP) is 4.20. The van der Waals surface area contributed by atoms with Gasteiger partial charge in [-0.15, -0.1) is 11.6 Å². The van der Waals surface area contributed by atoms with E-state index in [1.54, 1.807) is 0 Å². The fourth-order valence-corrected chi connectivity index (χ4v) is 12.5. The third-order valence-electron chi connectivity index (χ3n) is 13.8. The van der Waals surface area contributed by atoms with E-state index in [1.807, 2.05) is 0 Å². The Morgan fingerprint density at radius 3 is 0.909 bits per heavy atom. The summed E-state index contributed by atoms with van der Waals surface area (Å²) in [6.45, 7) is 0. The minimum atomic E-state index is 0.252. The molecule has 0 spiro atoms. The maximum absolute atomic E-state index is 7.19. The Bertz CT molecular complexity index is 984. The first kappa shape index (κ1) is 32.3. The second-order valence-corrected chi connectivity index (χ2v) is 17.8. The molecule has 0 aromatic carbocycles. The van der Waals surface area contributed by atoms with Crippen molar-refractivity contribution in [3.63, 3.8) is 0 Å². The SMILES string of the molecule is ClC1CCCC2C3NC4NC(NC5NC(NC6NC(NC(N3)C12)C1CCCCC61)C1CCCCC51)C1CCCCC41.[Cl][Cu][Cl]. The van der Waals surface area contributed by atoms with Crippen LogP contribution in [0.5, 0.6) is 0 Å². The monoisotopic (exact) mass is 719 g/mol. The summed E-state index contributed by atoms with van der Waals surface area (Å²) in [6, 6.07) is 0. The molecular weight excluding hydrogens is 666 g/mol. The zero-order valence-electron chi connectivity index (χ0n) is 25.9. The molecule has 8 bridgehead atoms. The first-order valence-corrected chi connectivity index (χ1v) is 21.2. The molecule has 5 saturated heterocycles. The molecule has 0 aromatic heterocycles. The van der Waals surface area contributed by atoms with Crippen molar-refractivity contribution >= 4 is 31.8 Å². The van der Waals surface area contributed by atoms with Gasteiger partial charge in [0.2, 0.25) is 0 Å². The molecule has 5 aliphatic heterocycles. The molecule has 9 rings (SSSR count). The van der Waals surface area contributed by atoms with Gasteiger partial charge in [-0.3, -0.25) is 42.5 Å². The Labute approximate surface area is 284 Å². The molecule has 0 aromatic rings. The van der Waals surface area contributed by atoms with Crippen LogP contribution in [-0.2, 0) is 13.1 Å². The Hall–Kier alpha value is 1.07. The summed E-state index contributed by atoms with van der Waals surface area (Å²) in [6.07, 6.45) is 22.9. The van der Waals surface area contributed by atoms with E-state index in [-0.39, 0.29) is 11.5 Å². The molecule has 9 aliphatic rings. The first-order chi connectivity index (χ1) is 21.6. The van der Waals surface area contributed by atoms with Gasteiger partial charge in [-0.2, -0.15) is 0 Å². The summed E-state index contributed by atoms with van der Waals surface area (Å²) in [5, 5.41) is 33.8. The van der Waals surface area contributed by atoms with E-state index in [9.17, 15) is 0 Å². The average molecular weight is 722 g/mol. The van der Waals surface area contributed by atoms with E-state index < -0.39 is 0 Å². The van der Waals surface area contributed by atoms with Gasteiger partial charge in [-0.25, -0.2) is 0 Å². The van der Waals surface area contributed by atoms with Crippen molar-refractivity contribution in [2.24, 2.45) is 47.3 Å². The summed E-state index contributed by atoms with van der Waals surface area (Å²) in [7, 11) is 9.34. The zero-order chi connectivity index (χ0) is 29.8. The van der Waals surface area contributed by atoms with Crippen LogP contribution < -0.4 is 42.5 Å². The van der Waals surface area contributed by atoms with Gasteiger partial charge in [0.05, 0.1) is 49.3 Å². The first-order valence-electron chi connectivity index (χ1n) is 18.2. The van der Waals surface area contributed by atoms with Crippen LogP contribution in [0.1, 0.15) is 96.3 Å². The Kier molecular flexibility index (Phi) is 10.4. The van der Waals surface area contributed by atoms with Gasteiger partial charge < -0.3 is 0 Å². The van der Waals surface area contributed by atoms with Crippen molar-refractivity contribution in [2.75, 3.05) is 0 Å². The Balaban J connectivity index is 0.000000928. The number of fused-ring (bicyclic) bond motifs is 20. The number of nitrogens with one attached hydrogen (secondary N) is 8. The van der Waals surface area contributed by atoms with Crippen LogP contribution in [0.3, 0.4) is 0 Å². The molecule has 8 N–H and O–H groups in total. The van der Waals surface area contributed by atoms with E-state index in [0.29, 0.717) is 78.7 Å². The van der Waals surface area contributed by atoms with Crippen molar-refractivity contribution < 1.29 is 13.1 Å². The number of hydrogen-bond acceptors (Lipinski definition) is 8. The number of halogens is 3. The van der Waals surface area contributed by atoms with Crippen molar-refractivity contribution in [2.45, 2.75) is 151 Å². The zero-order valence-corrected chi connectivity index (χ0v) is 29.1. The minimum absolute atomic E-state index is 0.252. The summed E-state index contributed by atoms with van der Waals surface area (Å²) in [4.78, 5) is 0. The third-order valence-corrected chi connectivity index (χ3v) is 14.3. The molecule has 9 fully saturated rings. The van der Waals surface area contributed by atoms with E-state index in [0.717, 1.165) is 31.4 Å². The molecule has 8 nitrogen and oxygen atoms in total. The molecule has 17 atom stereocenters. The molecule has 4 saturated carbocycles. The van der Waals surface area contributed by atoms with Crippen LogP contribution in [0.25, 0.3) is 0 Å². The summed E-state index contributed by atoms with van der Waals surface area (Å²) >= 11 is 7.95. The van der Waals surface area contributed by atoms with Crippen LogP contribution in [0, 0.1) is 47.3 Å². The Morgan fingerprint density at radius 2 is 0.591 bits per heavy atom. The molecule has 0 radical (unpaired) electrons. The van der Waals surface area contributed by atoms with E-state index >= 15 is 0 Å². The average Bonchev–Trinajstić information content (AvgIpc) is 3.77. The molecule has 44 heavy (non-hydrogen) atoms. The van der Waals surface area contributed by atoms with Crippen molar-refractivity contribution in [1.29, 1.82) is 0 Å². The number of rotatable bonds is 0. The van der Waals surface area contributed by atoms with Gasteiger partial charge in [0.15, 0.2) is 0 Å². The molecule has 255 valence electrons. The van der Waals surface area contributed by atoms with Crippen molar-refractivity contribution in [3.8, 4) is 0 Å². The quantitative estimate of drug-likeness (QED) is 0.140. The van der Waals surface area contributed by atoms with Gasteiger partial charge in [0.25, 0.3) is 0 Å². The van der Waals surface area contributed by atoms with Gasteiger partial charge in [0, 0.05) is 11.3 Å². The standard InChI is InChI=1S/C32H55ClN8.2ClH.Cu/c33-23-15-7-14-22-24(23)32-40-30-21-13-6-5-12-20(21)28(38-30)36-26-17-9-2-1-8-16(17)25(34-26)35-27-18-10-3-4-11-19(18)29(37-27)39-31(22)41-32;;;/h16-32,34-41H,1-15H2;2*1H;/q;;;+2/p-2. The molecular formula is C32H55Cl3CuN8. The summed E-state index contributed by atoms with van der Waals surface area (Å²) in [5.41, 5.74) is 0. The van der Waals surface area contributed by atoms with Crippen LogP contribution in [0.2, 0.25) is 0 Å². The summed E-state index contributed by atoms with van der Waals surface area (Å²) < 4.78 is 0. The topological polar surface area (TPSA) is 96.2 Å². The molecule has 12 heteroatoms. The van der Waals surface area contributed by atoms with E-state index in [2.05, 4.69) is 62.7 Å². The van der Waals surface area contributed by atoms with Crippen LogP contribution in [0.4, 0.5) is 0 Å². The molecule has 17 unspecified atom stereocenters. The fraction of sp³-hybridized carbons (Fsp3) is 1.00. The second-order valence-electron chi connectivity index (χ2n) is 15.7. The molecule has 5 heterocycles. The molecule has 0 amide bonds. The molecule has 4 aliphatic carbocycles. The van der Waals surface area contributed by atoms with E-state index in [1.165, 1.54) is 89.9 Å². The van der Waals surface area contributed by atoms with Gasteiger partial charge in [-0.05, 0) is 92.8 Å². The Morgan fingerprint density at radius 1 is 0.341 bits per heavy atom. The van der Waals surface area contributed by atoms with E-state index in [4.69, 9.17) is 11.6 Å². The van der Waals surface area contributed by atoms with Gasteiger partial charge in [-0.1, -0.05) is 44.9 Å². The van der Waals surface area contributed by atoms with Crippen LogP contribution in [-0.4, -0.2) is 54.7 Å².